The summed E-state index contributed by atoms with van der Waals surface area (Å²) in [5, 5.41) is 16.9. The summed E-state index contributed by atoms with van der Waals surface area (Å²) >= 11 is 0. The molecule has 20 heavy (non-hydrogen) atoms. The van der Waals surface area contributed by atoms with Crippen molar-refractivity contribution in [3.63, 3.8) is 0 Å². The first-order valence-electron chi connectivity index (χ1n) is 6.88. The van der Waals surface area contributed by atoms with E-state index in [2.05, 4.69) is 30.3 Å². The molecule has 0 aliphatic rings. The Kier molecular flexibility index (Phi) is 4.54. The Balaban J connectivity index is 2.23. The summed E-state index contributed by atoms with van der Waals surface area (Å²) in [6, 6.07) is 9.86. The predicted molar refractivity (Wildman–Crippen MR) is 79.3 cm³/mol. The molecule has 0 amide bonds. The van der Waals surface area contributed by atoms with E-state index in [1.165, 1.54) is 11.3 Å². The van der Waals surface area contributed by atoms with Crippen LogP contribution in [0.5, 0.6) is 0 Å². The van der Waals surface area contributed by atoms with Crippen LogP contribution in [0.1, 0.15) is 35.0 Å². The summed E-state index contributed by atoms with van der Waals surface area (Å²) in [5.74, 6) is 0. The maximum atomic E-state index is 8.95. The molecule has 104 valence electrons. The summed E-state index contributed by atoms with van der Waals surface area (Å²) in [7, 11) is 0. The fraction of sp³-hybridized carbons (Fsp3) is 0.375. The van der Waals surface area contributed by atoms with E-state index in [1.807, 2.05) is 35.9 Å². The minimum atomic E-state index is 0.692. The minimum absolute atomic E-state index is 0.692. The quantitative estimate of drug-likeness (QED) is 0.906. The Morgan fingerprint density at radius 3 is 2.85 bits per heavy atom. The molecule has 0 bridgehead atoms. The van der Waals surface area contributed by atoms with Gasteiger partial charge in [0, 0.05) is 17.8 Å². The van der Waals surface area contributed by atoms with Crippen LogP contribution in [0.15, 0.2) is 24.3 Å². The number of nitriles is 1. The second-order valence-electron chi connectivity index (χ2n) is 4.90. The Hall–Kier alpha value is -2.12. The van der Waals surface area contributed by atoms with E-state index < -0.39 is 0 Å². The molecule has 0 spiro atoms. The third kappa shape index (κ3) is 3.06. The van der Waals surface area contributed by atoms with Crippen molar-refractivity contribution in [2.45, 2.75) is 33.9 Å². The van der Waals surface area contributed by atoms with Crippen molar-refractivity contribution in [3.05, 3.63) is 52.3 Å². The van der Waals surface area contributed by atoms with Crippen LogP contribution in [0.25, 0.3) is 0 Å². The Morgan fingerprint density at radius 2 is 2.15 bits per heavy atom. The standard InChI is InChI=1S/C16H20N4/c1-4-18-10-16-12(2)19-20(13(16)3)11-15-7-5-6-14(8-15)9-17/h5-8,18H,4,10-11H2,1-3H3. The van der Waals surface area contributed by atoms with Crippen LogP contribution in [-0.2, 0) is 13.1 Å². The molecule has 0 radical (unpaired) electrons. The summed E-state index contributed by atoms with van der Waals surface area (Å²) < 4.78 is 2.01. The number of hydrogen-bond acceptors (Lipinski definition) is 3. The number of aromatic nitrogens is 2. The first kappa shape index (κ1) is 14.3. The number of hydrogen-bond donors (Lipinski definition) is 1. The van der Waals surface area contributed by atoms with E-state index >= 15 is 0 Å². The average Bonchev–Trinajstić information content (AvgIpc) is 2.72. The molecule has 0 saturated heterocycles. The highest BCUT2D eigenvalue weighted by atomic mass is 15.3. The summed E-state index contributed by atoms with van der Waals surface area (Å²) in [4.78, 5) is 0. The van der Waals surface area contributed by atoms with E-state index in [9.17, 15) is 0 Å². The lowest BCUT2D eigenvalue weighted by Gasteiger charge is -2.06. The van der Waals surface area contributed by atoms with E-state index in [-0.39, 0.29) is 0 Å². The van der Waals surface area contributed by atoms with E-state index in [1.54, 1.807) is 0 Å². The Labute approximate surface area is 120 Å². The van der Waals surface area contributed by atoms with Gasteiger partial charge in [-0.3, -0.25) is 4.68 Å². The van der Waals surface area contributed by atoms with E-state index in [0.29, 0.717) is 12.1 Å². The largest absolute Gasteiger partial charge is 0.313 e. The van der Waals surface area contributed by atoms with Crippen LogP contribution in [0.4, 0.5) is 0 Å². The molecular weight excluding hydrogens is 248 g/mol. The fourth-order valence-corrected chi connectivity index (χ4v) is 2.31. The van der Waals surface area contributed by atoms with Gasteiger partial charge in [0.1, 0.15) is 0 Å². The second kappa shape index (κ2) is 6.36. The van der Waals surface area contributed by atoms with E-state index in [0.717, 1.165) is 24.3 Å². The summed E-state index contributed by atoms with van der Waals surface area (Å²) in [5.41, 5.74) is 5.32. The fourth-order valence-electron chi connectivity index (χ4n) is 2.31. The lowest BCUT2D eigenvalue weighted by atomic mass is 10.1. The lowest BCUT2D eigenvalue weighted by Crippen LogP contribution is -2.13. The first-order chi connectivity index (χ1) is 9.65. The van der Waals surface area contributed by atoms with Crippen LogP contribution in [0, 0.1) is 25.2 Å². The predicted octanol–water partition coefficient (Wildman–Crippen LogP) is 2.53. The number of aryl methyl sites for hydroxylation is 1. The molecule has 1 aromatic carbocycles. The van der Waals surface area contributed by atoms with Gasteiger partial charge in [0.2, 0.25) is 0 Å². The van der Waals surface area contributed by atoms with Gasteiger partial charge in [-0.25, -0.2) is 0 Å². The van der Waals surface area contributed by atoms with Crippen molar-refractivity contribution in [1.82, 2.24) is 15.1 Å². The molecule has 2 aromatic rings. The molecule has 0 aliphatic heterocycles. The van der Waals surface area contributed by atoms with Crippen LogP contribution in [0.3, 0.4) is 0 Å². The highest BCUT2D eigenvalue weighted by molar-refractivity contribution is 5.33. The lowest BCUT2D eigenvalue weighted by molar-refractivity contribution is 0.655. The molecule has 1 aromatic heterocycles. The maximum absolute atomic E-state index is 8.95. The molecule has 0 atom stereocenters. The highest BCUT2D eigenvalue weighted by Crippen LogP contribution is 2.15. The minimum Gasteiger partial charge on any atom is -0.313 e. The van der Waals surface area contributed by atoms with Gasteiger partial charge in [-0.2, -0.15) is 10.4 Å². The number of nitrogens with zero attached hydrogens (tertiary/aromatic N) is 3. The van der Waals surface area contributed by atoms with Gasteiger partial charge in [-0.15, -0.1) is 0 Å². The molecule has 1 heterocycles. The normalized spacial score (nSPS) is 10.5. The van der Waals surface area contributed by atoms with Crippen LogP contribution in [-0.4, -0.2) is 16.3 Å². The van der Waals surface area contributed by atoms with Crippen molar-refractivity contribution in [2.24, 2.45) is 0 Å². The summed E-state index contributed by atoms with van der Waals surface area (Å²) in [6.07, 6.45) is 0. The topological polar surface area (TPSA) is 53.6 Å². The van der Waals surface area contributed by atoms with Gasteiger partial charge in [0.05, 0.1) is 23.9 Å². The third-order valence-electron chi connectivity index (χ3n) is 3.47. The Bertz CT molecular complexity index is 634. The van der Waals surface area contributed by atoms with Crippen LogP contribution >= 0.6 is 0 Å². The van der Waals surface area contributed by atoms with E-state index in [4.69, 9.17) is 5.26 Å². The Morgan fingerprint density at radius 1 is 1.35 bits per heavy atom. The molecule has 2 rings (SSSR count). The zero-order valence-electron chi connectivity index (χ0n) is 12.3. The molecule has 0 aliphatic carbocycles. The highest BCUT2D eigenvalue weighted by Gasteiger charge is 2.11. The van der Waals surface area contributed by atoms with Gasteiger partial charge in [0.25, 0.3) is 0 Å². The van der Waals surface area contributed by atoms with Crippen molar-refractivity contribution < 1.29 is 0 Å². The van der Waals surface area contributed by atoms with Gasteiger partial charge in [-0.1, -0.05) is 19.1 Å². The molecule has 4 heteroatoms. The summed E-state index contributed by atoms with van der Waals surface area (Å²) in [6.45, 7) is 8.75. The SMILES string of the molecule is CCNCc1c(C)nn(Cc2cccc(C#N)c2)c1C. The number of rotatable bonds is 5. The molecule has 0 unspecified atom stereocenters. The third-order valence-corrected chi connectivity index (χ3v) is 3.47. The number of benzene rings is 1. The number of nitrogens with one attached hydrogen (secondary N) is 1. The van der Waals surface area contributed by atoms with Crippen molar-refractivity contribution in [3.8, 4) is 6.07 Å². The molecule has 1 N–H and O–H groups in total. The van der Waals surface area contributed by atoms with Gasteiger partial charge in [-0.05, 0) is 38.1 Å². The molecule has 0 fully saturated rings. The first-order valence-corrected chi connectivity index (χ1v) is 6.88. The molecule has 4 nitrogen and oxygen atoms in total. The molecule has 0 saturated carbocycles. The maximum Gasteiger partial charge on any atom is 0.0991 e. The van der Waals surface area contributed by atoms with Crippen molar-refractivity contribution in [1.29, 1.82) is 5.26 Å². The smallest absolute Gasteiger partial charge is 0.0991 e. The zero-order chi connectivity index (χ0) is 14.5. The zero-order valence-corrected chi connectivity index (χ0v) is 12.3. The second-order valence-corrected chi connectivity index (χ2v) is 4.90. The van der Waals surface area contributed by atoms with Gasteiger partial charge < -0.3 is 5.32 Å². The van der Waals surface area contributed by atoms with Gasteiger partial charge in [0.15, 0.2) is 0 Å². The van der Waals surface area contributed by atoms with Crippen molar-refractivity contribution >= 4 is 0 Å². The van der Waals surface area contributed by atoms with Crippen LogP contribution in [0.2, 0.25) is 0 Å². The average molecular weight is 268 g/mol. The van der Waals surface area contributed by atoms with Crippen molar-refractivity contribution in [2.75, 3.05) is 6.54 Å². The van der Waals surface area contributed by atoms with Crippen LogP contribution < -0.4 is 5.32 Å². The monoisotopic (exact) mass is 268 g/mol. The van der Waals surface area contributed by atoms with Gasteiger partial charge >= 0.3 is 0 Å². The molecular formula is C16H20N4.